The highest BCUT2D eigenvalue weighted by Gasteiger charge is 2.09. The minimum atomic E-state index is -0.251. The van der Waals surface area contributed by atoms with Crippen molar-refractivity contribution in [1.82, 2.24) is 4.57 Å². The molecule has 5 heteroatoms. The molecule has 118 valence electrons. The standard InChI is InChI=1S/C18H20N4O/c1-21(2)14-10-8-13(9-11-14)19-18(23)20-16-12-22(3)17-7-5-4-6-15(16)17/h4-12H,1-3H3,(H2,19,20,23). The lowest BCUT2D eigenvalue weighted by Gasteiger charge is -2.13. The Morgan fingerprint density at radius 2 is 1.70 bits per heavy atom. The van der Waals surface area contributed by atoms with Crippen LogP contribution in [0, 0.1) is 0 Å². The van der Waals surface area contributed by atoms with Crippen molar-refractivity contribution in [3.8, 4) is 0 Å². The Labute approximate surface area is 135 Å². The molecule has 3 aromatic rings. The molecule has 0 atom stereocenters. The first-order valence-electron chi connectivity index (χ1n) is 7.44. The zero-order chi connectivity index (χ0) is 16.4. The summed E-state index contributed by atoms with van der Waals surface area (Å²) in [5, 5.41) is 6.78. The van der Waals surface area contributed by atoms with E-state index in [1.807, 2.05) is 85.3 Å². The average Bonchev–Trinajstić information content (AvgIpc) is 2.84. The summed E-state index contributed by atoms with van der Waals surface area (Å²) in [6.45, 7) is 0. The van der Waals surface area contributed by atoms with Gasteiger partial charge < -0.3 is 20.1 Å². The van der Waals surface area contributed by atoms with Crippen molar-refractivity contribution in [3.05, 3.63) is 54.7 Å². The van der Waals surface area contributed by atoms with Crippen LogP contribution < -0.4 is 15.5 Å². The lowest BCUT2D eigenvalue weighted by atomic mass is 10.2. The van der Waals surface area contributed by atoms with E-state index in [0.717, 1.165) is 28.0 Å². The van der Waals surface area contributed by atoms with Crippen LogP contribution in [-0.4, -0.2) is 24.7 Å². The number of aryl methyl sites for hydroxylation is 1. The number of anilines is 3. The molecule has 0 aliphatic heterocycles. The Bertz CT molecular complexity index is 834. The van der Waals surface area contributed by atoms with Crippen molar-refractivity contribution in [2.24, 2.45) is 7.05 Å². The topological polar surface area (TPSA) is 49.3 Å². The van der Waals surface area contributed by atoms with E-state index in [2.05, 4.69) is 10.6 Å². The summed E-state index contributed by atoms with van der Waals surface area (Å²) in [4.78, 5) is 14.2. The molecule has 3 rings (SSSR count). The van der Waals surface area contributed by atoms with E-state index in [1.54, 1.807) is 0 Å². The van der Waals surface area contributed by atoms with Crippen molar-refractivity contribution in [2.45, 2.75) is 0 Å². The summed E-state index contributed by atoms with van der Waals surface area (Å²) < 4.78 is 2.00. The number of carbonyl (C=O) groups is 1. The molecule has 0 bridgehead atoms. The van der Waals surface area contributed by atoms with E-state index < -0.39 is 0 Å². The van der Waals surface area contributed by atoms with Crippen LogP contribution in [0.15, 0.2) is 54.7 Å². The largest absolute Gasteiger partial charge is 0.378 e. The Morgan fingerprint density at radius 3 is 2.39 bits per heavy atom. The molecule has 2 N–H and O–H groups in total. The SMILES string of the molecule is CN(C)c1ccc(NC(=O)Nc2cn(C)c3ccccc23)cc1. The van der Waals surface area contributed by atoms with E-state index in [9.17, 15) is 4.79 Å². The number of rotatable bonds is 3. The van der Waals surface area contributed by atoms with Crippen LogP contribution in [-0.2, 0) is 7.05 Å². The molecule has 0 saturated heterocycles. The van der Waals surface area contributed by atoms with Gasteiger partial charge in [0.15, 0.2) is 0 Å². The minimum Gasteiger partial charge on any atom is -0.378 e. The number of nitrogens with one attached hydrogen (secondary N) is 2. The van der Waals surface area contributed by atoms with Gasteiger partial charge in [0.1, 0.15) is 0 Å². The molecule has 2 amide bonds. The molecule has 5 nitrogen and oxygen atoms in total. The average molecular weight is 308 g/mol. The molecular formula is C18H20N4O. The van der Waals surface area contributed by atoms with E-state index in [0.29, 0.717) is 0 Å². The van der Waals surface area contributed by atoms with Crippen LogP contribution in [0.5, 0.6) is 0 Å². The fourth-order valence-electron chi connectivity index (χ4n) is 2.57. The number of amides is 2. The number of nitrogens with zero attached hydrogens (tertiary/aromatic N) is 2. The van der Waals surface area contributed by atoms with Crippen molar-refractivity contribution in [3.63, 3.8) is 0 Å². The van der Waals surface area contributed by atoms with E-state index in [-0.39, 0.29) is 6.03 Å². The molecule has 1 heterocycles. The van der Waals surface area contributed by atoms with Gasteiger partial charge in [-0.15, -0.1) is 0 Å². The van der Waals surface area contributed by atoms with Gasteiger partial charge in [0.2, 0.25) is 0 Å². The number of fused-ring (bicyclic) bond motifs is 1. The normalized spacial score (nSPS) is 10.6. The minimum absolute atomic E-state index is 0.251. The Kier molecular flexibility index (Phi) is 3.93. The summed E-state index contributed by atoms with van der Waals surface area (Å²) in [5.41, 5.74) is 3.72. The Morgan fingerprint density at radius 1 is 1.00 bits per heavy atom. The quantitative estimate of drug-likeness (QED) is 0.771. The fraction of sp³-hybridized carbons (Fsp3) is 0.167. The van der Waals surface area contributed by atoms with Gasteiger partial charge in [-0.3, -0.25) is 0 Å². The van der Waals surface area contributed by atoms with Gasteiger partial charge in [0.25, 0.3) is 0 Å². The Balaban J connectivity index is 1.73. The number of urea groups is 1. The fourth-order valence-corrected chi connectivity index (χ4v) is 2.57. The predicted molar refractivity (Wildman–Crippen MR) is 96.3 cm³/mol. The number of para-hydroxylation sites is 1. The summed E-state index contributed by atoms with van der Waals surface area (Å²) in [6.07, 6.45) is 1.92. The molecule has 0 radical (unpaired) electrons. The van der Waals surface area contributed by atoms with Crippen molar-refractivity contribution in [2.75, 3.05) is 29.6 Å². The lowest BCUT2D eigenvalue weighted by Crippen LogP contribution is -2.19. The molecule has 1 aromatic heterocycles. The highest BCUT2D eigenvalue weighted by molar-refractivity contribution is 6.06. The van der Waals surface area contributed by atoms with Gasteiger partial charge in [0, 0.05) is 49.6 Å². The maximum Gasteiger partial charge on any atom is 0.323 e. The molecule has 0 fully saturated rings. The van der Waals surface area contributed by atoms with Crippen LogP contribution in [0.25, 0.3) is 10.9 Å². The maximum absolute atomic E-state index is 12.2. The third-order valence-corrected chi connectivity index (χ3v) is 3.79. The molecular weight excluding hydrogens is 288 g/mol. The Hall–Kier alpha value is -2.95. The van der Waals surface area contributed by atoms with E-state index in [4.69, 9.17) is 0 Å². The van der Waals surface area contributed by atoms with Gasteiger partial charge in [-0.1, -0.05) is 18.2 Å². The van der Waals surface area contributed by atoms with Crippen LogP contribution in [0.4, 0.5) is 21.9 Å². The monoisotopic (exact) mass is 308 g/mol. The third kappa shape index (κ3) is 3.13. The number of aromatic nitrogens is 1. The second kappa shape index (κ2) is 6.04. The van der Waals surface area contributed by atoms with E-state index in [1.165, 1.54) is 0 Å². The van der Waals surface area contributed by atoms with Gasteiger partial charge in [-0.2, -0.15) is 0 Å². The summed E-state index contributed by atoms with van der Waals surface area (Å²) in [6, 6.07) is 15.4. The summed E-state index contributed by atoms with van der Waals surface area (Å²) in [5.74, 6) is 0. The molecule has 0 aliphatic carbocycles. The molecule has 23 heavy (non-hydrogen) atoms. The van der Waals surface area contributed by atoms with Crippen molar-refractivity contribution in [1.29, 1.82) is 0 Å². The van der Waals surface area contributed by atoms with Gasteiger partial charge in [-0.25, -0.2) is 4.79 Å². The number of carbonyl (C=O) groups excluding carboxylic acids is 1. The molecule has 0 unspecified atom stereocenters. The predicted octanol–water partition coefficient (Wildman–Crippen LogP) is 3.89. The van der Waals surface area contributed by atoms with Crippen molar-refractivity contribution >= 4 is 34.0 Å². The first-order valence-corrected chi connectivity index (χ1v) is 7.44. The van der Waals surface area contributed by atoms with Gasteiger partial charge >= 0.3 is 6.03 Å². The molecule has 0 saturated carbocycles. The van der Waals surface area contributed by atoms with Crippen LogP contribution >= 0.6 is 0 Å². The number of benzene rings is 2. The van der Waals surface area contributed by atoms with Crippen LogP contribution in [0.3, 0.4) is 0 Å². The second-order valence-corrected chi connectivity index (χ2v) is 5.69. The highest BCUT2D eigenvalue weighted by atomic mass is 16.2. The first-order chi connectivity index (χ1) is 11.0. The summed E-state index contributed by atoms with van der Waals surface area (Å²) in [7, 11) is 5.93. The zero-order valence-corrected chi connectivity index (χ0v) is 13.5. The van der Waals surface area contributed by atoms with E-state index >= 15 is 0 Å². The number of hydrogen-bond acceptors (Lipinski definition) is 2. The molecule has 2 aromatic carbocycles. The third-order valence-electron chi connectivity index (χ3n) is 3.79. The first kappa shape index (κ1) is 15.0. The lowest BCUT2D eigenvalue weighted by molar-refractivity contribution is 0.262. The van der Waals surface area contributed by atoms with Crippen LogP contribution in [0.1, 0.15) is 0 Å². The van der Waals surface area contributed by atoms with Crippen LogP contribution in [0.2, 0.25) is 0 Å². The smallest absolute Gasteiger partial charge is 0.323 e. The highest BCUT2D eigenvalue weighted by Crippen LogP contribution is 2.25. The number of hydrogen-bond donors (Lipinski definition) is 2. The summed E-state index contributed by atoms with van der Waals surface area (Å²) >= 11 is 0. The maximum atomic E-state index is 12.2. The molecule has 0 aliphatic rings. The van der Waals surface area contributed by atoms with Gasteiger partial charge in [-0.05, 0) is 30.3 Å². The molecule has 0 spiro atoms. The zero-order valence-electron chi connectivity index (χ0n) is 13.5. The van der Waals surface area contributed by atoms with Gasteiger partial charge in [0.05, 0.1) is 5.69 Å². The second-order valence-electron chi connectivity index (χ2n) is 5.69. The van der Waals surface area contributed by atoms with Crippen molar-refractivity contribution < 1.29 is 4.79 Å².